The molecule has 0 unspecified atom stereocenters. The average molecular weight is 522 g/mol. The van der Waals surface area contributed by atoms with Gasteiger partial charge < -0.3 is 30.1 Å². The smallest absolute Gasteiger partial charge is 0.142 e. The van der Waals surface area contributed by atoms with E-state index in [1.165, 1.54) is 18.4 Å². The molecule has 2 aliphatic rings. The Morgan fingerprint density at radius 3 is 2.27 bits per heavy atom. The summed E-state index contributed by atoms with van der Waals surface area (Å²) in [6.07, 6.45) is 3.58. The van der Waals surface area contributed by atoms with Crippen LogP contribution in [0.3, 0.4) is 0 Å². The Morgan fingerprint density at radius 1 is 1.14 bits per heavy atom. The lowest BCUT2D eigenvalue weighted by Crippen LogP contribution is -2.33. The summed E-state index contributed by atoms with van der Waals surface area (Å²) in [7, 11) is 5.46. The van der Waals surface area contributed by atoms with Crippen molar-refractivity contribution in [1.29, 1.82) is 0 Å². The van der Waals surface area contributed by atoms with Crippen LogP contribution in [0.2, 0.25) is 0 Å². The van der Waals surface area contributed by atoms with Crippen LogP contribution in [0.5, 0.6) is 11.5 Å². The maximum atomic E-state index is 9.10. The lowest BCUT2D eigenvalue weighted by Gasteiger charge is -2.31. The van der Waals surface area contributed by atoms with E-state index in [0.717, 1.165) is 67.9 Å². The van der Waals surface area contributed by atoms with Gasteiger partial charge in [-0.15, -0.1) is 0 Å². The predicted octanol–water partition coefficient (Wildman–Crippen LogP) is 4.92. The molecule has 2 aromatic rings. The Morgan fingerprint density at radius 2 is 1.76 bits per heavy atom. The number of fused-ring (bicyclic) bond motifs is 1. The molecular formula is C29H51N3O5. The first kappa shape index (κ1) is 32.7. The van der Waals surface area contributed by atoms with Gasteiger partial charge in [0, 0.05) is 7.97 Å². The molecule has 1 fully saturated rings. The van der Waals surface area contributed by atoms with Crippen molar-refractivity contribution in [2.75, 3.05) is 58.9 Å². The Labute approximate surface area is 225 Å². The largest absolute Gasteiger partial charge is 0.497 e. The third-order valence-corrected chi connectivity index (χ3v) is 5.80. The number of benzene rings is 2. The summed E-state index contributed by atoms with van der Waals surface area (Å²) in [6.45, 7) is 10.8. The second-order valence-corrected chi connectivity index (χ2v) is 9.25. The second-order valence-electron chi connectivity index (χ2n) is 9.25. The number of nitrogens with zero attached hydrogens (tertiary/aromatic N) is 1. The number of methoxy groups -OCH3 is 1. The lowest BCUT2D eigenvalue weighted by molar-refractivity contribution is -0.269. The molecule has 2 aromatic carbocycles. The summed E-state index contributed by atoms with van der Waals surface area (Å²) in [4.78, 5) is 6.07. The Kier molecular flexibility index (Phi) is 17.4. The van der Waals surface area contributed by atoms with E-state index in [1.54, 1.807) is 21.0 Å². The van der Waals surface area contributed by atoms with E-state index in [2.05, 4.69) is 51.6 Å². The number of aliphatic hydroxyl groups is 1. The van der Waals surface area contributed by atoms with Gasteiger partial charge in [-0.1, -0.05) is 25.1 Å². The first-order chi connectivity index (χ1) is 17.9. The van der Waals surface area contributed by atoms with Gasteiger partial charge in [0.2, 0.25) is 0 Å². The molecule has 0 bridgehead atoms. The van der Waals surface area contributed by atoms with Crippen LogP contribution in [0, 0.1) is 0 Å². The van der Waals surface area contributed by atoms with Gasteiger partial charge in [-0.3, -0.25) is 5.26 Å². The Balaban J connectivity index is 0.000000555. The van der Waals surface area contributed by atoms with E-state index < -0.39 is 0 Å². The summed E-state index contributed by atoms with van der Waals surface area (Å²) in [6, 6.07) is 14.4. The van der Waals surface area contributed by atoms with Crippen LogP contribution in [0.15, 0.2) is 42.5 Å². The third kappa shape index (κ3) is 12.6. The van der Waals surface area contributed by atoms with Crippen LogP contribution in [0.4, 0.5) is 5.69 Å². The SMILES string of the molecule is CC(C)OO.CCCN1CCOc2ccc(CO)cc21.CNC.COc1ccc(C2CCNCC2)cc1.[HH]. The van der Waals surface area contributed by atoms with Crippen molar-refractivity contribution in [2.45, 2.75) is 58.7 Å². The first-order valence-corrected chi connectivity index (χ1v) is 13.3. The standard InChI is InChI=1S/C12H17NO2.C12H17NO.C3H8O2.C2H7N.H2/c1-2-5-13-6-7-15-12-4-3-10(9-14)8-11(12)13;1-14-12-4-2-10(3-5-12)11-6-8-13-9-7-11;1-3(2)5-4;1-3-2;/h3-4,8,14H,2,5-7,9H2,1H3;2-5,11,13H,6-9H2,1H3;3-4H,1-2H3;3H,1-2H3;1H. The second kappa shape index (κ2) is 19.7. The summed E-state index contributed by atoms with van der Waals surface area (Å²) in [5.41, 5.74) is 3.52. The van der Waals surface area contributed by atoms with Crippen LogP contribution in [-0.4, -0.2) is 70.5 Å². The highest BCUT2D eigenvalue weighted by molar-refractivity contribution is 5.61. The minimum Gasteiger partial charge on any atom is -0.497 e. The molecule has 0 amide bonds. The van der Waals surface area contributed by atoms with Crippen molar-refractivity contribution >= 4 is 5.69 Å². The number of hydrogen-bond donors (Lipinski definition) is 4. The van der Waals surface area contributed by atoms with Crippen LogP contribution in [-0.2, 0) is 11.5 Å². The highest BCUT2D eigenvalue weighted by Gasteiger charge is 2.17. The molecule has 0 radical (unpaired) electrons. The van der Waals surface area contributed by atoms with Gasteiger partial charge in [0.1, 0.15) is 18.1 Å². The van der Waals surface area contributed by atoms with E-state index in [9.17, 15) is 0 Å². The minimum absolute atomic E-state index is 0. The monoisotopic (exact) mass is 521 g/mol. The highest BCUT2D eigenvalue weighted by atomic mass is 17.1. The van der Waals surface area contributed by atoms with Crippen LogP contribution in [0.1, 0.15) is 58.5 Å². The zero-order valence-corrected chi connectivity index (χ0v) is 23.6. The Bertz CT molecular complexity index is 833. The fourth-order valence-electron chi connectivity index (χ4n) is 3.95. The molecule has 1 saturated heterocycles. The zero-order chi connectivity index (χ0) is 27.5. The van der Waals surface area contributed by atoms with E-state index in [4.69, 9.17) is 19.8 Å². The van der Waals surface area contributed by atoms with Gasteiger partial charge in [-0.2, -0.15) is 0 Å². The molecule has 0 spiro atoms. The lowest BCUT2D eigenvalue weighted by atomic mass is 9.90. The van der Waals surface area contributed by atoms with Crippen molar-refractivity contribution in [3.63, 3.8) is 0 Å². The molecule has 0 saturated carbocycles. The average Bonchev–Trinajstić information content (AvgIpc) is 2.95. The highest BCUT2D eigenvalue weighted by Crippen LogP contribution is 2.32. The Hall–Kier alpha value is -2.36. The van der Waals surface area contributed by atoms with Crippen LogP contribution < -0.4 is 25.0 Å². The van der Waals surface area contributed by atoms with E-state index in [1.807, 2.05) is 32.3 Å². The molecule has 37 heavy (non-hydrogen) atoms. The number of piperidine rings is 1. The number of rotatable bonds is 6. The van der Waals surface area contributed by atoms with Crippen molar-refractivity contribution < 1.29 is 26.2 Å². The van der Waals surface area contributed by atoms with Gasteiger partial charge in [-0.05, 0) is 102 Å². The van der Waals surface area contributed by atoms with E-state index in [-0.39, 0.29) is 14.1 Å². The predicted molar refractivity (Wildman–Crippen MR) is 154 cm³/mol. The molecule has 2 aliphatic heterocycles. The van der Waals surface area contributed by atoms with Crippen molar-refractivity contribution in [1.82, 2.24) is 10.6 Å². The number of ether oxygens (including phenoxy) is 2. The summed E-state index contributed by atoms with van der Waals surface area (Å²) in [5.74, 6) is 2.62. The molecule has 0 aromatic heterocycles. The normalized spacial score (nSPS) is 14.6. The quantitative estimate of drug-likeness (QED) is 0.314. The number of aliphatic hydroxyl groups excluding tert-OH is 1. The topological polar surface area (TPSA) is 95.5 Å². The van der Waals surface area contributed by atoms with Gasteiger partial charge in [0.05, 0.1) is 32.1 Å². The molecule has 2 heterocycles. The third-order valence-electron chi connectivity index (χ3n) is 5.80. The molecule has 8 heteroatoms. The number of hydrogen-bond acceptors (Lipinski definition) is 8. The van der Waals surface area contributed by atoms with Gasteiger partial charge in [-0.25, -0.2) is 4.89 Å². The number of anilines is 1. The van der Waals surface area contributed by atoms with Crippen LogP contribution in [0.25, 0.3) is 0 Å². The fourth-order valence-corrected chi connectivity index (χ4v) is 3.95. The van der Waals surface area contributed by atoms with Gasteiger partial charge in [0.25, 0.3) is 0 Å². The van der Waals surface area contributed by atoms with Gasteiger partial charge >= 0.3 is 0 Å². The van der Waals surface area contributed by atoms with Crippen molar-refractivity contribution in [3.8, 4) is 11.5 Å². The van der Waals surface area contributed by atoms with Crippen molar-refractivity contribution in [3.05, 3.63) is 53.6 Å². The summed E-state index contributed by atoms with van der Waals surface area (Å²) in [5, 5.41) is 22.9. The molecule has 212 valence electrons. The van der Waals surface area contributed by atoms with Gasteiger partial charge in [0.15, 0.2) is 0 Å². The van der Waals surface area contributed by atoms with E-state index in [0.29, 0.717) is 0 Å². The fraction of sp³-hybridized carbons (Fsp3) is 0.586. The molecule has 0 aliphatic carbocycles. The summed E-state index contributed by atoms with van der Waals surface area (Å²) < 4.78 is 10.7. The molecular weight excluding hydrogens is 470 g/mol. The summed E-state index contributed by atoms with van der Waals surface area (Å²) >= 11 is 0. The number of nitrogens with one attached hydrogen (secondary N) is 2. The molecule has 8 nitrogen and oxygen atoms in total. The zero-order valence-electron chi connectivity index (χ0n) is 23.6. The molecule has 4 N–H and O–H groups in total. The van der Waals surface area contributed by atoms with Crippen LogP contribution >= 0.6 is 0 Å². The van der Waals surface area contributed by atoms with E-state index >= 15 is 0 Å². The minimum atomic E-state index is -0.0602. The maximum absolute atomic E-state index is 9.10. The molecule has 4 rings (SSSR count). The maximum Gasteiger partial charge on any atom is 0.142 e. The first-order valence-electron chi connectivity index (χ1n) is 13.3. The molecule has 0 atom stereocenters. The van der Waals surface area contributed by atoms with Crippen molar-refractivity contribution in [2.24, 2.45) is 0 Å².